The molecule has 44 valence electrons. The van der Waals surface area contributed by atoms with Gasteiger partial charge in [0.05, 0.1) is 0 Å². The monoisotopic (exact) mass is 129 g/mol. The zero-order valence-electron chi connectivity index (χ0n) is 4.55. The zero-order valence-corrected chi connectivity index (χ0v) is 5.30. The molecule has 0 radical (unpaired) electrons. The van der Waals surface area contributed by atoms with Gasteiger partial charge in [-0.25, -0.2) is 4.58 Å². The van der Waals surface area contributed by atoms with Crippen LogP contribution in [0.2, 0.25) is 0 Å². The molecule has 0 saturated carbocycles. The van der Waals surface area contributed by atoms with Gasteiger partial charge >= 0.3 is 0 Å². The SMILES string of the molecule is C=[N+]1C=CC=CC1.[Cl-]. The maximum Gasteiger partial charge on any atom is 0.168 e. The van der Waals surface area contributed by atoms with E-state index in [1.165, 1.54) is 0 Å². The van der Waals surface area contributed by atoms with Crippen molar-refractivity contribution in [3.8, 4) is 0 Å². The van der Waals surface area contributed by atoms with Crippen molar-refractivity contribution in [1.29, 1.82) is 0 Å². The molecule has 0 aromatic rings. The number of hydrogen-bond donors (Lipinski definition) is 0. The van der Waals surface area contributed by atoms with Crippen molar-refractivity contribution in [2.45, 2.75) is 0 Å². The molecule has 8 heavy (non-hydrogen) atoms. The highest BCUT2D eigenvalue weighted by molar-refractivity contribution is 5.17. The van der Waals surface area contributed by atoms with Crippen molar-refractivity contribution < 1.29 is 17.0 Å². The van der Waals surface area contributed by atoms with Crippen LogP contribution in [0.4, 0.5) is 0 Å². The first kappa shape index (κ1) is 7.44. The predicted octanol–water partition coefficient (Wildman–Crippen LogP) is -2.21. The van der Waals surface area contributed by atoms with Crippen molar-refractivity contribution in [2.75, 3.05) is 6.54 Å². The molecule has 0 atom stereocenters. The second-order valence-electron chi connectivity index (χ2n) is 1.54. The lowest BCUT2D eigenvalue weighted by Gasteiger charge is -1.90. The molecule has 1 aliphatic rings. The van der Waals surface area contributed by atoms with E-state index in [2.05, 4.69) is 12.8 Å². The fraction of sp³-hybridized carbons (Fsp3) is 0.167. The van der Waals surface area contributed by atoms with E-state index in [1.807, 2.05) is 22.9 Å². The number of nitrogens with zero attached hydrogens (tertiary/aromatic N) is 1. The van der Waals surface area contributed by atoms with Crippen LogP contribution in [0.15, 0.2) is 24.4 Å². The van der Waals surface area contributed by atoms with E-state index in [4.69, 9.17) is 0 Å². The lowest BCUT2D eigenvalue weighted by molar-refractivity contribution is -0.436. The first-order chi connectivity index (χ1) is 3.39. The summed E-state index contributed by atoms with van der Waals surface area (Å²) in [5.74, 6) is 0. The maximum absolute atomic E-state index is 3.69. The Hall–Kier alpha value is -0.560. The molecule has 1 heterocycles. The number of allylic oxidation sites excluding steroid dienone is 2. The summed E-state index contributed by atoms with van der Waals surface area (Å²) in [6.45, 7) is 4.63. The molecule has 0 aliphatic carbocycles. The van der Waals surface area contributed by atoms with Crippen molar-refractivity contribution in [3.63, 3.8) is 0 Å². The quantitative estimate of drug-likeness (QED) is 0.326. The Labute approximate surface area is 55.4 Å². The fourth-order valence-corrected chi connectivity index (χ4v) is 0.507. The third kappa shape index (κ3) is 1.94. The Morgan fingerprint density at radius 1 is 1.38 bits per heavy atom. The molecular weight excluding hydrogens is 122 g/mol. The Morgan fingerprint density at radius 3 is 2.38 bits per heavy atom. The molecule has 0 fully saturated rings. The van der Waals surface area contributed by atoms with Crippen molar-refractivity contribution in [1.82, 2.24) is 0 Å². The number of hydrogen-bond acceptors (Lipinski definition) is 0. The maximum atomic E-state index is 3.69. The van der Waals surface area contributed by atoms with E-state index in [1.54, 1.807) is 0 Å². The first-order valence-corrected chi connectivity index (χ1v) is 2.30. The summed E-state index contributed by atoms with van der Waals surface area (Å²) in [7, 11) is 0. The largest absolute Gasteiger partial charge is 1.00 e. The molecule has 0 saturated heterocycles. The summed E-state index contributed by atoms with van der Waals surface area (Å²) < 4.78 is 1.88. The van der Waals surface area contributed by atoms with Crippen molar-refractivity contribution in [2.24, 2.45) is 0 Å². The van der Waals surface area contributed by atoms with Crippen molar-refractivity contribution >= 4 is 6.72 Å². The van der Waals surface area contributed by atoms with Gasteiger partial charge in [0.1, 0.15) is 6.72 Å². The topological polar surface area (TPSA) is 3.01 Å². The predicted molar refractivity (Wildman–Crippen MR) is 30.5 cm³/mol. The van der Waals surface area contributed by atoms with Gasteiger partial charge in [-0.15, -0.1) is 0 Å². The number of rotatable bonds is 0. The van der Waals surface area contributed by atoms with E-state index in [-0.39, 0.29) is 12.4 Å². The van der Waals surface area contributed by atoms with Crippen molar-refractivity contribution in [3.05, 3.63) is 24.4 Å². The molecule has 0 N–H and O–H groups in total. The first-order valence-electron chi connectivity index (χ1n) is 2.30. The second kappa shape index (κ2) is 3.44. The summed E-state index contributed by atoms with van der Waals surface area (Å²) in [5, 5.41) is 0. The minimum absolute atomic E-state index is 0. The van der Waals surface area contributed by atoms with Crippen LogP contribution in [0.25, 0.3) is 0 Å². The molecule has 1 nitrogen and oxygen atoms in total. The Balaban J connectivity index is 0.000000490. The van der Waals surface area contributed by atoms with Gasteiger partial charge in [0.25, 0.3) is 0 Å². The van der Waals surface area contributed by atoms with Gasteiger partial charge in [0.2, 0.25) is 0 Å². The molecule has 0 amide bonds. The molecule has 0 bridgehead atoms. The summed E-state index contributed by atoms with van der Waals surface area (Å²) in [4.78, 5) is 0. The minimum atomic E-state index is 0. The van der Waals surface area contributed by atoms with Gasteiger partial charge in [0.15, 0.2) is 12.7 Å². The smallest absolute Gasteiger partial charge is 0.168 e. The summed E-state index contributed by atoms with van der Waals surface area (Å²) in [6, 6.07) is 0. The Bertz CT molecular complexity index is 135. The van der Waals surface area contributed by atoms with Gasteiger partial charge in [-0.05, 0) is 6.08 Å². The summed E-state index contributed by atoms with van der Waals surface area (Å²) in [6.07, 6.45) is 7.99. The molecule has 0 unspecified atom stereocenters. The molecule has 0 aromatic heterocycles. The van der Waals surface area contributed by atoms with Crippen LogP contribution in [-0.4, -0.2) is 17.8 Å². The zero-order chi connectivity index (χ0) is 5.11. The second-order valence-corrected chi connectivity index (χ2v) is 1.54. The highest BCUT2D eigenvalue weighted by atomic mass is 35.5. The normalized spacial score (nSPS) is 15.8. The lowest BCUT2D eigenvalue weighted by Crippen LogP contribution is -3.00. The van der Waals surface area contributed by atoms with Crippen LogP contribution >= 0.6 is 0 Å². The van der Waals surface area contributed by atoms with E-state index >= 15 is 0 Å². The van der Waals surface area contributed by atoms with E-state index in [0.29, 0.717) is 0 Å². The molecule has 2 heteroatoms. The van der Waals surface area contributed by atoms with Gasteiger partial charge in [-0.2, -0.15) is 0 Å². The van der Waals surface area contributed by atoms with Crippen LogP contribution in [-0.2, 0) is 0 Å². The summed E-state index contributed by atoms with van der Waals surface area (Å²) in [5.41, 5.74) is 0. The van der Waals surface area contributed by atoms with Crippen LogP contribution in [0, 0.1) is 0 Å². The number of halogens is 1. The van der Waals surface area contributed by atoms with Gasteiger partial charge in [-0.1, -0.05) is 6.08 Å². The Morgan fingerprint density at radius 2 is 2.12 bits per heavy atom. The average Bonchev–Trinajstić information content (AvgIpc) is 1.69. The van der Waals surface area contributed by atoms with Crippen LogP contribution in [0.5, 0.6) is 0 Å². The molecule has 0 spiro atoms. The highest BCUT2D eigenvalue weighted by Gasteiger charge is 1.90. The van der Waals surface area contributed by atoms with E-state index < -0.39 is 0 Å². The Kier molecular flexibility index (Phi) is 3.20. The third-order valence-electron chi connectivity index (χ3n) is 0.884. The minimum Gasteiger partial charge on any atom is -1.00 e. The summed E-state index contributed by atoms with van der Waals surface area (Å²) >= 11 is 0. The van der Waals surface area contributed by atoms with Crippen LogP contribution in [0.1, 0.15) is 0 Å². The van der Waals surface area contributed by atoms with Crippen LogP contribution in [0.3, 0.4) is 0 Å². The third-order valence-corrected chi connectivity index (χ3v) is 0.884. The molecule has 0 aromatic carbocycles. The van der Waals surface area contributed by atoms with Gasteiger partial charge in [0, 0.05) is 6.08 Å². The van der Waals surface area contributed by atoms with Gasteiger partial charge < -0.3 is 12.4 Å². The highest BCUT2D eigenvalue weighted by Crippen LogP contribution is 1.86. The average molecular weight is 130 g/mol. The lowest BCUT2D eigenvalue weighted by atomic mass is 10.4. The molecule has 1 rings (SSSR count). The van der Waals surface area contributed by atoms with E-state index in [0.717, 1.165) is 6.54 Å². The fourth-order valence-electron chi connectivity index (χ4n) is 0.507. The molecule has 1 aliphatic heterocycles. The van der Waals surface area contributed by atoms with Crippen LogP contribution < -0.4 is 12.4 Å². The van der Waals surface area contributed by atoms with Gasteiger partial charge in [-0.3, -0.25) is 0 Å². The van der Waals surface area contributed by atoms with E-state index in [9.17, 15) is 0 Å². The standard InChI is InChI=1S/C6H8N.ClH/c1-7-5-3-2-4-6-7;/h2-5H,1,6H2;1H/q+1;/p-1. The molecular formula is C6H8ClN.